The molecule has 158 valence electrons. The maximum Gasteiger partial charge on any atom is 0.338 e. The Morgan fingerprint density at radius 3 is 2.07 bits per heavy atom. The molecule has 6 nitrogen and oxygen atoms in total. The Bertz CT molecular complexity index is 870. The molecule has 7 heteroatoms. The number of rotatable bonds is 6. The zero-order chi connectivity index (χ0) is 20.8. The lowest BCUT2D eigenvalue weighted by atomic mass is 9.53. The summed E-state index contributed by atoms with van der Waals surface area (Å²) >= 11 is 0. The molecule has 1 amide bonds. The summed E-state index contributed by atoms with van der Waals surface area (Å²) in [6.07, 6.45) is 7.34. The molecule has 29 heavy (non-hydrogen) atoms. The quantitative estimate of drug-likeness (QED) is 0.716. The number of sulfone groups is 1. The first kappa shape index (κ1) is 20.4. The van der Waals surface area contributed by atoms with Gasteiger partial charge < -0.3 is 10.1 Å². The van der Waals surface area contributed by atoms with Gasteiger partial charge in [-0.15, -0.1) is 0 Å². The molecule has 1 atom stereocenters. The summed E-state index contributed by atoms with van der Waals surface area (Å²) in [6.45, 7) is 1.60. The number of esters is 1. The van der Waals surface area contributed by atoms with Crippen molar-refractivity contribution in [1.29, 1.82) is 0 Å². The smallest absolute Gasteiger partial charge is 0.338 e. The van der Waals surface area contributed by atoms with Crippen LogP contribution in [-0.4, -0.2) is 38.2 Å². The summed E-state index contributed by atoms with van der Waals surface area (Å²) in [5.41, 5.74) is 0.799. The van der Waals surface area contributed by atoms with E-state index in [1.165, 1.54) is 37.7 Å². The van der Waals surface area contributed by atoms with E-state index >= 15 is 0 Å². The van der Waals surface area contributed by atoms with Crippen molar-refractivity contribution in [2.24, 2.45) is 17.8 Å². The largest absolute Gasteiger partial charge is 0.449 e. The van der Waals surface area contributed by atoms with Gasteiger partial charge in [-0.3, -0.25) is 4.79 Å². The van der Waals surface area contributed by atoms with E-state index in [0.717, 1.165) is 37.0 Å². The monoisotopic (exact) mass is 419 g/mol. The van der Waals surface area contributed by atoms with Gasteiger partial charge in [0.15, 0.2) is 15.9 Å². The van der Waals surface area contributed by atoms with Crippen molar-refractivity contribution in [3.8, 4) is 0 Å². The van der Waals surface area contributed by atoms with E-state index in [2.05, 4.69) is 5.32 Å². The van der Waals surface area contributed by atoms with Crippen LogP contribution in [-0.2, 0) is 25.1 Å². The summed E-state index contributed by atoms with van der Waals surface area (Å²) in [5, 5.41) is 3.23. The number of amides is 1. The minimum Gasteiger partial charge on any atom is -0.449 e. The predicted molar refractivity (Wildman–Crippen MR) is 109 cm³/mol. The fourth-order valence-corrected chi connectivity index (χ4v) is 6.75. The Kier molecular flexibility index (Phi) is 5.21. The van der Waals surface area contributed by atoms with Gasteiger partial charge >= 0.3 is 5.97 Å². The van der Waals surface area contributed by atoms with Gasteiger partial charge in [-0.25, -0.2) is 13.2 Å². The van der Waals surface area contributed by atoms with E-state index in [1.807, 2.05) is 0 Å². The predicted octanol–water partition coefficient (Wildman–Crippen LogP) is 2.86. The van der Waals surface area contributed by atoms with E-state index in [4.69, 9.17) is 4.74 Å². The second-order valence-electron chi connectivity index (χ2n) is 9.50. The van der Waals surface area contributed by atoms with Crippen molar-refractivity contribution in [2.45, 2.75) is 62.8 Å². The summed E-state index contributed by atoms with van der Waals surface area (Å²) in [5.74, 6) is 1.30. The third-order valence-electron chi connectivity index (χ3n) is 6.70. The van der Waals surface area contributed by atoms with Gasteiger partial charge in [0.2, 0.25) is 0 Å². The fraction of sp³-hybridized carbons (Fsp3) is 0.636. The lowest BCUT2D eigenvalue weighted by molar-refractivity contribution is -0.134. The molecule has 0 unspecified atom stereocenters. The number of nitrogens with one attached hydrogen (secondary N) is 1. The van der Waals surface area contributed by atoms with Crippen LogP contribution in [0.3, 0.4) is 0 Å². The van der Waals surface area contributed by atoms with E-state index in [0.29, 0.717) is 11.1 Å². The van der Waals surface area contributed by atoms with Gasteiger partial charge in [0.05, 0.1) is 11.3 Å². The highest BCUT2D eigenvalue weighted by atomic mass is 32.2. The normalized spacial score (nSPS) is 31.3. The van der Waals surface area contributed by atoms with E-state index in [9.17, 15) is 18.0 Å². The highest BCUT2D eigenvalue weighted by Crippen LogP contribution is 2.55. The Morgan fingerprint density at radius 2 is 1.59 bits per heavy atom. The third-order valence-corrected chi connectivity index (χ3v) is 7.56. The molecule has 4 saturated carbocycles. The van der Waals surface area contributed by atoms with Gasteiger partial charge in [-0.1, -0.05) is 12.1 Å². The molecule has 0 aliphatic heterocycles. The molecule has 0 radical (unpaired) electrons. The van der Waals surface area contributed by atoms with E-state index in [-0.39, 0.29) is 17.2 Å². The Hall–Kier alpha value is -1.89. The summed E-state index contributed by atoms with van der Waals surface area (Å²) in [7, 11) is -3.13. The van der Waals surface area contributed by atoms with Crippen molar-refractivity contribution in [1.82, 2.24) is 5.32 Å². The van der Waals surface area contributed by atoms with Crippen LogP contribution in [0.2, 0.25) is 0 Å². The van der Waals surface area contributed by atoms with Gasteiger partial charge in [-0.05, 0) is 80.9 Å². The Labute approximate surface area is 172 Å². The highest BCUT2D eigenvalue weighted by molar-refractivity contribution is 7.89. The van der Waals surface area contributed by atoms with Crippen LogP contribution in [0.15, 0.2) is 24.3 Å². The van der Waals surface area contributed by atoms with Gasteiger partial charge in [0.1, 0.15) is 0 Å². The van der Waals surface area contributed by atoms with Crippen LogP contribution >= 0.6 is 0 Å². The minimum atomic E-state index is -3.13. The minimum absolute atomic E-state index is 0.0772. The number of hydrogen-bond donors (Lipinski definition) is 1. The lowest BCUT2D eigenvalue weighted by Gasteiger charge is -2.57. The molecule has 0 aromatic heterocycles. The summed E-state index contributed by atoms with van der Waals surface area (Å²) < 4.78 is 28.1. The fourth-order valence-electron chi connectivity index (χ4n) is 5.95. The topological polar surface area (TPSA) is 89.5 Å². The van der Waals surface area contributed by atoms with Gasteiger partial charge in [0.25, 0.3) is 5.91 Å². The molecule has 5 rings (SSSR count). The molecule has 0 saturated heterocycles. The standard InChI is InChI=1S/C22H29NO5S/c1-14(28-21(25)19-5-3-15(4-6-19)13-29(2,26)27)20(24)23-22-10-16-7-17(11-22)9-18(8-16)12-22/h3-6,14,16-18H,7-13H2,1-2H3,(H,23,24)/t14-,16?,17?,18?,22?/m1/s1. The molecule has 4 fully saturated rings. The van der Waals surface area contributed by atoms with Crippen LogP contribution in [0.25, 0.3) is 0 Å². The molecule has 1 N–H and O–H groups in total. The first-order chi connectivity index (χ1) is 13.6. The number of benzene rings is 1. The van der Waals surface area contributed by atoms with Crippen LogP contribution < -0.4 is 5.32 Å². The number of hydrogen-bond acceptors (Lipinski definition) is 5. The van der Waals surface area contributed by atoms with Crippen molar-refractivity contribution in [2.75, 3.05) is 6.26 Å². The van der Waals surface area contributed by atoms with E-state index in [1.54, 1.807) is 19.1 Å². The van der Waals surface area contributed by atoms with Crippen LogP contribution in [0.1, 0.15) is 61.4 Å². The van der Waals surface area contributed by atoms with Crippen molar-refractivity contribution in [3.63, 3.8) is 0 Å². The molecular weight excluding hydrogens is 390 g/mol. The zero-order valence-electron chi connectivity index (χ0n) is 17.0. The van der Waals surface area contributed by atoms with Gasteiger partial charge in [0, 0.05) is 11.8 Å². The first-order valence-electron chi connectivity index (χ1n) is 10.4. The summed E-state index contributed by atoms with van der Waals surface area (Å²) in [4.78, 5) is 25.1. The maximum absolute atomic E-state index is 12.8. The van der Waals surface area contributed by atoms with Crippen LogP contribution in [0, 0.1) is 17.8 Å². The molecule has 4 aliphatic carbocycles. The molecule has 1 aromatic rings. The van der Waals surface area contributed by atoms with E-state index < -0.39 is 21.9 Å². The summed E-state index contributed by atoms with van der Waals surface area (Å²) in [6, 6.07) is 6.26. The van der Waals surface area contributed by atoms with Crippen LogP contribution in [0.4, 0.5) is 0 Å². The third kappa shape index (κ3) is 4.65. The number of ether oxygens (including phenoxy) is 1. The lowest BCUT2D eigenvalue weighted by Crippen LogP contribution is -2.61. The highest BCUT2D eigenvalue weighted by Gasteiger charge is 2.51. The average molecular weight is 420 g/mol. The van der Waals surface area contributed by atoms with Crippen molar-refractivity contribution >= 4 is 21.7 Å². The molecule has 0 spiro atoms. The maximum atomic E-state index is 12.8. The average Bonchev–Trinajstić information content (AvgIpc) is 2.59. The van der Waals surface area contributed by atoms with Crippen molar-refractivity contribution < 1.29 is 22.7 Å². The second kappa shape index (κ2) is 7.42. The SMILES string of the molecule is C[C@@H](OC(=O)c1ccc(CS(C)(=O)=O)cc1)C(=O)NC12CC3CC(CC(C3)C1)C2. The number of carbonyl (C=O) groups excluding carboxylic acids is 2. The molecular formula is C22H29NO5S. The Morgan fingerprint density at radius 1 is 1.07 bits per heavy atom. The molecule has 4 aliphatic rings. The Balaban J connectivity index is 1.34. The number of carbonyl (C=O) groups is 2. The van der Waals surface area contributed by atoms with Gasteiger partial charge in [-0.2, -0.15) is 0 Å². The van der Waals surface area contributed by atoms with Crippen LogP contribution in [0.5, 0.6) is 0 Å². The molecule has 0 heterocycles. The van der Waals surface area contributed by atoms with Crippen molar-refractivity contribution in [3.05, 3.63) is 35.4 Å². The molecule has 4 bridgehead atoms. The zero-order valence-corrected chi connectivity index (χ0v) is 17.8. The second-order valence-corrected chi connectivity index (χ2v) is 11.6. The molecule has 1 aromatic carbocycles. The first-order valence-corrected chi connectivity index (χ1v) is 12.5.